The molecule has 1 rings (SSSR count). The quantitative estimate of drug-likeness (QED) is 0.577. The van der Waals surface area contributed by atoms with Crippen LogP contribution in [-0.2, 0) is 4.79 Å². The molecule has 0 bridgehead atoms. The Bertz CT molecular complexity index is 359. The first kappa shape index (κ1) is 12.7. The van der Waals surface area contributed by atoms with Gasteiger partial charge in [-0.05, 0) is 31.6 Å². The van der Waals surface area contributed by atoms with Crippen LogP contribution in [0.3, 0.4) is 0 Å². The summed E-state index contributed by atoms with van der Waals surface area (Å²) in [6.45, 7) is 4.46. The lowest BCUT2D eigenvalue weighted by Gasteiger charge is -2.14. The molecule has 0 spiro atoms. The second kappa shape index (κ2) is 5.66. The lowest BCUT2D eigenvalue weighted by Crippen LogP contribution is -2.25. The van der Waals surface area contributed by atoms with Gasteiger partial charge in [0.2, 0.25) is 0 Å². The van der Waals surface area contributed by atoms with E-state index < -0.39 is 0 Å². The van der Waals surface area contributed by atoms with Crippen molar-refractivity contribution in [3.05, 3.63) is 29.8 Å². The fourth-order valence-electron chi connectivity index (χ4n) is 1.46. The monoisotopic (exact) mass is 221 g/mol. The van der Waals surface area contributed by atoms with Crippen LogP contribution in [0.4, 0.5) is 0 Å². The van der Waals surface area contributed by atoms with Gasteiger partial charge in [-0.2, -0.15) is 0 Å². The molecule has 88 valence electrons. The maximum atomic E-state index is 11.5. The molecule has 0 atom stereocenters. The summed E-state index contributed by atoms with van der Waals surface area (Å²) in [5.41, 5.74) is 1.06. The van der Waals surface area contributed by atoms with E-state index >= 15 is 0 Å². The van der Waals surface area contributed by atoms with Crippen molar-refractivity contribution in [3.63, 3.8) is 0 Å². The molecule has 0 aliphatic carbocycles. The van der Waals surface area contributed by atoms with Gasteiger partial charge in [-0.1, -0.05) is 32.0 Å². The molecule has 0 N–H and O–H groups in total. The Morgan fingerprint density at radius 1 is 1.31 bits per heavy atom. The third kappa shape index (κ3) is 3.66. The number of carbonyl (C=O) groups excluding carboxylic acids is 1. The summed E-state index contributed by atoms with van der Waals surface area (Å²) in [6, 6.07) is 7.66. The molecule has 1 aromatic carbocycles. The highest BCUT2D eigenvalue weighted by Gasteiger charge is 2.11. The van der Waals surface area contributed by atoms with Gasteiger partial charge in [0, 0.05) is 0 Å². The van der Waals surface area contributed by atoms with Crippen LogP contribution in [-0.4, -0.2) is 31.5 Å². The van der Waals surface area contributed by atoms with E-state index in [9.17, 15) is 4.79 Å². The largest absolute Gasteiger partial charge is 0.425 e. The van der Waals surface area contributed by atoms with Crippen molar-refractivity contribution in [3.8, 4) is 5.75 Å². The topological polar surface area (TPSA) is 29.5 Å². The van der Waals surface area contributed by atoms with Crippen LogP contribution in [0.15, 0.2) is 24.3 Å². The Kier molecular flexibility index (Phi) is 4.50. The van der Waals surface area contributed by atoms with Crippen LogP contribution >= 0.6 is 0 Å². The zero-order chi connectivity index (χ0) is 12.1. The Morgan fingerprint density at radius 3 is 2.50 bits per heavy atom. The number of hydrogen-bond donors (Lipinski definition) is 0. The van der Waals surface area contributed by atoms with E-state index in [0.717, 1.165) is 5.56 Å². The molecule has 0 aromatic heterocycles. The molecule has 0 amide bonds. The number of hydrogen-bond acceptors (Lipinski definition) is 3. The maximum absolute atomic E-state index is 11.5. The summed E-state index contributed by atoms with van der Waals surface area (Å²) in [7, 11) is 3.69. The maximum Gasteiger partial charge on any atom is 0.325 e. The van der Waals surface area contributed by atoms with Crippen LogP contribution < -0.4 is 4.74 Å². The molecule has 0 radical (unpaired) electrons. The zero-order valence-corrected chi connectivity index (χ0v) is 10.4. The van der Waals surface area contributed by atoms with Crippen molar-refractivity contribution in [1.29, 1.82) is 0 Å². The van der Waals surface area contributed by atoms with Crippen LogP contribution in [0.1, 0.15) is 25.3 Å². The molecule has 1 aromatic rings. The Labute approximate surface area is 97.0 Å². The SMILES string of the molecule is CC(C)c1ccccc1OC(=O)CN(C)C. The van der Waals surface area contributed by atoms with Crippen molar-refractivity contribution in [2.24, 2.45) is 0 Å². The molecule has 3 heteroatoms. The highest BCUT2D eigenvalue weighted by atomic mass is 16.5. The molecule has 0 saturated carbocycles. The molecule has 3 nitrogen and oxygen atoms in total. The van der Waals surface area contributed by atoms with E-state index in [1.54, 1.807) is 4.90 Å². The highest BCUT2D eigenvalue weighted by molar-refractivity contribution is 5.74. The number of likely N-dealkylation sites (N-methyl/N-ethyl adjacent to an activating group) is 1. The van der Waals surface area contributed by atoms with Crippen molar-refractivity contribution in [1.82, 2.24) is 4.90 Å². The van der Waals surface area contributed by atoms with Gasteiger partial charge in [-0.25, -0.2) is 0 Å². The number of carbonyl (C=O) groups is 1. The van der Waals surface area contributed by atoms with E-state index in [4.69, 9.17) is 4.74 Å². The number of para-hydroxylation sites is 1. The van der Waals surface area contributed by atoms with Crippen LogP contribution in [0, 0.1) is 0 Å². The van der Waals surface area contributed by atoms with E-state index in [1.807, 2.05) is 38.4 Å². The summed E-state index contributed by atoms with van der Waals surface area (Å²) in [4.78, 5) is 13.3. The van der Waals surface area contributed by atoms with Gasteiger partial charge >= 0.3 is 5.97 Å². The van der Waals surface area contributed by atoms with Crippen LogP contribution in [0.5, 0.6) is 5.75 Å². The summed E-state index contributed by atoms with van der Waals surface area (Å²) in [6.07, 6.45) is 0. The highest BCUT2D eigenvalue weighted by Crippen LogP contribution is 2.25. The average molecular weight is 221 g/mol. The number of benzene rings is 1. The lowest BCUT2D eigenvalue weighted by atomic mass is 10.0. The number of ether oxygens (including phenoxy) is 1. The number of nitrogens with zero attached hydrogens (tertiary/aromatic N) is 1. The molecular weight excluding hydrogens is 202 g/mol. The first-order chi connectivity index (χ1) is 7.50. The molecular formula is C13H19NO2. The minimum Gasteiger partial charge on any atom is -0.425 e. The third-order valence-electron chi connectivity index (χ3n) is 2.21. The molecule has 0 aliphatic rings. The van der Waals surface area contributed by atoms with E-state index in [1.165, 1.54) is 0 Å². The van der Waals surface area contributed by atoms with Crippen molar-refractivity contribution in [2.45, 2.75) is 19.8 Å². The fourth-order valence-corrected chi connectivity index (χ4v) is 1.46. The molecule has 0 aliphatic heterocycles. The second-order valence-electron chi connectivity index (χ2n) is 4.40. The van der Waals surface area contributed by atoms with Gasteiger partial charge in [0.05, 0.1) is 6.54 Å². The zero-order valence-electron chi connectivity index (χ0n) is 10.4. The van der Waals surface area contributed by atoms with Crippen molar-refractivity contribution >= 4 is 5.97 Å². The minimum atomic E-state index is -0.224. The van der Waals surface area contributed by atoms with Gasteiger partial charge < -0.3 is 4.74 Å². The Hall–Kier alpha value is -1.35. The van der Waals surface area contributed by atoms with Crippen LogP contribution in [0.25, 0.3) is 0 Å². The van der Waals surface area contributed by atoms with Gasteiger partial charge in [-0.15, -0.1) is 0 Å². The van der Waals surface area contributed by atoms with Gasteiger partial charge in [0.25, 0.3) is 0 Å². The number of esters is 1. The summed E-state index contributed by atoms with van der Waals surface area (Å²) in [5.74, 6) is 0.797. The summed E-state index contributed by atoms with van der Waals surface area (Å²) >= 11 is 0. The predicted octanol–water partition coefficient (Wildman–Crippen LogP) is 2.28. The first-order valence-electron chi connectivity index (χ1n) is 5.45. The molecule has 16 heavy (non-hydrogen) atoms. The molecule has 0 fully saturated rings. The van der Waals surface area contributed by atoms with Crippen LogP contribution in [0.2, 0.25) is 0 Å². The normalized spacial score (nSPS) is 10.9. The molecule has 0 heterocycles. The summed E-state index contributed by atoms with van der Waals surface area (Å²) < 4.78 is 5.34. The van der Waals surface area contributed by atoms with Gasteiger partial charge in [0.1, 0.15) is 5.75 Å². The standard InChI is InChI=1S/C13H19NO2/c1-10(2)11-7-5-6-8-12(11)16-13(15)9-14(3)4/h5-8,10H,9H2,1-4H3. The Balaban J connectivity index is 2.77. The first-order valence-corrected chi connectivity index (χ1v) is 5.45. The number of rotatable bonds is 4. The second-order valence-corrected chi connectivity index (χ2v) is 4.40. The predicted molar refractivity (Wildman–Crippen MR) is 64.7 cm³/mol. The van der Waals surface area contributed by atoms with Crippen molar-refractivity contribution < 1.29 is 9.53 Å². The van der Waals surface area contributed by atoms with E-state index in [-0.39, 0.29) is 5.97 Å². The molecule has 0 unspecified atom stereocenters. The lowest BCUT2D eigenvalue weighted by molar-refractivity contribution is -0.135. The van der Waals surface area contributed by atoms with E-state index in [2.05, 4.69) is 13.8 Å². The smallest absolute Gasteiger partial charge is 0.325 e. The third-order valence-corrected chi connectivity index (χ3v) is 2.21. The molecule has 0 saturated heterocycles. The Morgan fingerprint density at radius 2 is 1.94 bits per heavy atom. The van der Waals surface area contributed by atoms with Gasteiger partial charge in [0.15, 0.2) is 0 Å². The van der Waals surface area contributed by atoms with E-state index in [0.29, 0.717) is 18.2 Å². The average Bonchev–Trinajstić information content (AvgIpc) is 2.16. The fraction of sp³-hybridized carbons (Fsp3) is 0.462. The minimum absolute atomic E-state index is 0.224. The van der Waals surface area contributed by atoms with Gasteiger partial charge in [-0.3, -0.25) is 9.69 Å². The summed E-state index contributed by atoms with van der Waals surface area (Å²) in [5, 5.41) is 0. The van der Waals surface area contributed by atoms with Crippen molar-refractivity contribution in [2.75, 3.05) is 20.6 Å².